The average Bonchev–Trinajstić information content (AvgIpc) is 3.15. The first kappa shape index (κ1) is 22.4. The molecule has 0 fully saturated rings. The molecule has 3 rings (SSSR count). The summed E-state index contributed by atoms with van der Waals surface area (Å²) in [7, 11) is 0. The molecule has 9 heteroatoms. The van der Waals surface area contributed by atoms with Crippen molar-refractivity contribution in [2.24, 2.45) is 0 Å². The van der Waals surface area contributed by atoms with Gasteiger partial charge in [-0.1, -0.05) is 38.0 Å². The maximum atomic E-state index is 14.2. The zero-order valence-corrected chi connectivity index (χ0v) is 18.2. The number of nitrogens with zero attached hydrogens (tertiary/aromatic N) is 3. The Labute approximate surface area is 185 Å². The summed E-state index contributed by atoms with van der Waals surface area (Å²) >= 11 is 5.18. The van der Waals surface area contributed by atoms with Crippen LogP contribution in [0.2, 0.25) is 0 Å². The number of carbonyl (C=O) groups excluding carboxylic acids is 1. The average molecular weight is 442 g/mol. The quantitative estimate of drug-likeness (QED) is 0.398. The van der Waals surface area contributed by atoms with E-state index < -0.39 is 11.7 Å². The monoisotopic (exact) mass is 441 g/mol. The standard InChI is InChI=1S/C22H24FN5O2S/c1-3-4-8-13-30-19-12-11-16(14-18(19)23)24-22(31)25-21(29)20-15(2)26-28(27-20)17-9-6-5-7-10-17/h5-7,9-12,14H,3-4,8,13H2,1-2H3,(H2,24,25,29,31). The minimum Gasteiger partial charge on any atom is -0.491 e. The second-order valence-electron chi connectivity index (χ2n) is 6.87. The van der Waals surface area contributed by atoms with Gasteiger partial charge in [-0.15, -0.1) is 5.10 Å². The summed E-state index contributed by atoms with van der Waals surface area (Å²) < 4.78 is 19.7. The molecule has 1 heterocycles. The van der Waals surface area contributed by atoms with Crippen LogP contribution in [0.4, 0.5) is 10.1 Å². The van der Waals surface area contributed by atoms with E-state index in [1.54, 1.807) is 13.0 Å². The number of aryl methyl sites for hydroxylation is 1. The van der Waals surface area contributed by atoms with E-state index in [0.717, 1.165) is 24.9 Å². The number of para-hydroxylation sites is 1. The van der Waals surface area contributed by atoms with Gasteiger partial charge in [0.05, 0.1) is 18.0 Å². The predicted molar refractivity (Wildman–Crippen MR) is 121 cm³/mol. The molecule has 1 aromatic heterocycles. The molecule has 0 bridgehead atoms. The number of benzene rings is 2. The van der Waals surface area contributed by atoms with E-state index in [2.05, 4.69) is 27.8 Å². The van der Waals surface area contributed by atoms with Crippen LogP contribution >= 0.6 is 12.2 Å². The lowest BCUT2D eigenvalue weighted by molar-refractivity contribution is 0.0972. The molecule has 0 spiro atoms. The minimum absolute atomic E-state index is 0.0228. The van der Waals surface area contributed by atoms with Crippen LogP contribution in [-0.4, -0.2) is 32.6 Å². The van der Waals surface area contributed by atoms with Crippen LogP contribution in [0.5, 0.6) is 5.75 Å². The smallest absolute Gasteiger partial charge is 0.279 e. The molecule has 0 unspecified atom stereocenters. The molecule has 1 amide bonds. The van der Waals surface area contributed by atoms with Crippen LogP contribution in [0.3, 0.4) is 0 Å². The van der Waals surface area contributed by atoms with Gasteiger partial charge in [0.25, 0.3) is 5.91 Å². The number of ether oxygens (including phenoxy) is 1. The Bertz CT molecular complexity index is 1060. The number of nitrogens with one attached hydrogen (secondary N) is 2. The third-order valence-electron chi connectivity index (χ3n) is 4.41. The van der Waals surface area contributed by atoms with Crippen molar-refractivity contribution in [1.82, 2.24) is 20.3 Å². The van der Waals surface area contributed by atoms with Crippen LogP contribution in [0, 0.1) is 12.7 Å². The first-order chi connectivity index (χ1) is 15.0. The first-order valence-corrected chi connectivity index (χ1v) is 10.4. The summed E-state index contributed by atoms with van der Waals surface area (Å²) in [6.45, 7) is 4.25. The molecule has 2 N–H and O–H groups in total. The highest BCUT2D eigenvalue weighted by Gasteiger charge is 2.17. The van der Waals surface area contributed by atoms with Gasteiger partial charge in [0.1, 0.15) is 0 Å². The van der Waals surface area contributed by atoms with E-state index in [0.29, 0.717) is 18.0 Å². The van der Waals surface area contributed by atoms with Crippen molar-refractivity contribution >= 4 is 28.9 Å². The maximum Gasteiger partial charge on any atom is 0.279 e. The van der Waals surface area contributed by atoms with E-state index in [4.69, 9.17) is 17.0 Å². The van der Waals surface area contributed by atoms with Crippen molar-refractivity contribution in [3.05, 3.63) is 65.7 Å². The van der Waals surface area contributed by atoms with E-state index >= 15 is 0 Å². The van der Waals surface area contributed by atoms with Crippen molar-refractivity contribution in [2.75, 3.05) is 11.9 Å². The number of halogens is 1. The summed E-state index contributed by atoms with van der Waals surface area (Å²) in [5.41, 5.74) is 1.74. The van der Waals surface area contributed by atoms with Crippen LogP contribution in [0.15, 0.2) is 48.5 Å². The summed E-state index contributed by atoms with van der Waals surface area (Å²) in [5, 5.41) is 13.9. The zero-order chi connectivity index (χ0) is 22.2. The second kappa shape index (κ2) is 10.6. The number of hydrogen-bond acceptors (Lipinski definition) is 5. The van der Waals surface area contributed by atoms with E-state index in [1.807, 2.05) is 30.3 Å². The largest absolute Gasteiger partial charge is 0.491 e. The van der Waals surface area contributed by atoms with Gasteiger partial charge in [-0.3, -0.25) is 10.1 Å². The molecule has 0 aliphatic rings. The maximum absolute atomic E-state index is 14.2. The summed E-state index contributed by atoms with van der Waals surface area (Å²) in [6, 6.07) is 13.7. The molecular weight excluding hydrogens is 417 g/mol. The topological polar surface area (TPSA) is 81.1 Å². The number of unbranched alkanes of at least 4 members (excludes halogenated alkanes) is 2. The Morgan fingerprint density at radius 1 is 1.16 bits per heavy atom. The van der Waals surface area contributed by atoms with Crippen LogP contribution in [-0.2, 0) is 0 Å². The molecule has 0 atom stereocenters. The van der Waals surface area contributed by atoms with Gasteiger partial charge in [0, 0.05) is 11.8 Å². The predicted octanol–water partition coefficient (Wildman–Crippen LogP) is 4.41. The molecule has 3 aromatic rings. The van der Waals surface area contributed by atoms with Gasteiger partial charge >= 0.3 is 0 Å². The van der Waals surface area contributed by atoms with Crippen LogP contribution in [0.1, 0.15) is 42.4 Å². The van der Waals surface area contributed by atoms with Gasteiger partial charge in [-0.2, -0.15) is 9.90 Å². The van der Waals surface area contributed by atoms with E-state index in [-0.39, 0.29) is 16.6 Å². The number of aromatic nitrogens is 3. The van der Waals surface area contributed by atoms with E-state index in [9.17, 15) is 9.18 Å². The summed E-state index contributed by atoms with van der Waals surface area (Å²) in [4.78, 5) is 13.9. The highest BCUT2D eigenvalue weighted by atomic mass is 32.1. The third-order valence-corrected chi connectivity index (χ3v) is 4.61. The fraction of sp³-hybridized carbons (Fsp3) is 0.273. The molecule has 162 valence electrons. The zero-order valence-electron chi connectivity index (χ0n) is 17.4. The highest BCUT2D eigenvalue weighted by molar-refractivity contribution is 7.80. The van der Waals surface area contributed by atoms with Gasteiger partial charge in [0.2, 0.25) is 0 Å². The molecule has 31 heavy (non-hydrogen) atoms. The molecule has 0 aliphatic carbocycles. The fourth-order valence-electron chi connectivity index (χ4n) is 2.82. The Morgan fingerprint density at radius 3 is 2.65 bits per heavy atom. The molecule has 0 radical (unpaired) electrons. The second-order valence-corrected chi connectivity index (χ2v) is 7.28. The first-order valence-electron chi connectivity index (χ1n) is 10.0. The molecule has 0 aliphatic heterocycles. The van der Waals surface area contributed by atoms with Crippen LogP contribution < -0.4 is 15.4 Å². The normalized spacial score (nSPS) is 10.5. The van der Waals surface area contributed by atoms with Gasteiger partial charge in [-0.05, 0) is 49.8 Å². The summed E-state index contributed by atoms with van der Waals surface area (Å²) in [6.07, 6.45) is 2.98. The third kappa shape index (κ3) is 6.08. The van der Waals surface area contributed by atoms with Gasteiger partial charge in [-0.25, -0.2) is 4.39 Å². The molecule has 0 saturated heterocycles. The lowest BCUT2D eigenvalue weighted by Gasteiger charge is -2.11. The lowest BCUT2D eigenvalue weighted by Crippen LogP contribution is -2.34. The Balaban J connectivity index is 1.59. The van der Waals surface area contributed by atoms with Crippen LogP contribution in [0.25, 0.3) is 5.69 Å². The number of hydrogen-bond donors (Lipinski definition) is 2. The highest BCUT2D eigenvalue weighted by Crippen LogP contribution is 2.21. The number of amides is 1. The van der Waals surface area contributed by atoms with Crippen molar-refractivity contribution in [2.45, 2.75) is 33.1 Å². The molecule has 2 aromatic carbocycles. The van der Waals surface area contributed by atoms with Crippen molar-refractivity contribution in [1.29, 1.82) is 0 Å². The van der Waals surface area contributed by atoms with Crippen molar-refractivity contribution < 1.29 is 13.9 Å². The van der Waals surface area contributed by atoms with Gasteiger partial charge in [0.15, 0.2) is 22.4 Å². The Hall–Kier alpha value is -3.33. The fourth-order valence-corrected chi connectivity index (χ4v) is 3.03. The summed E-state index contributed by atoms with van der Waals surface area (Å²) in [5.74, 6) is -0.824. The SMILES string of the molecule is CCCCCOc1ccc(NC(=S)NC(=O)c2nn(-c3ccccc3)nc2C)cc1F. The van der Waals surface area contributed by atoms with Crippen molar-refractivity contribution in [3.8, 4) is 11.4 Å². The molecule has 0 saturated carbocycles. The van der Waals surface area contributed by atoms with E-state index in [1.165, 1.54) is 16.9 Å². The molecular formula is C22H24FN5O2S. The molecule has 7 nitrogen and oxygen atoms in total. The lowest BCUT2D eigenvalue weighted by atomic mass is 10.2. The number of thiocarbonyl (C=S) groups is 1. The number of rotatable bonds is 8. The number of anilines is 1. The minimum atomic E-state index is -0.506. The number of carbonyl (C=O) groups is 1. The Morgan fingerprint density at radius 2 is 1.94 bits per heavy atom. The van der Waals surface area contributed by atoms with Crippen molar-refractivity contribution in [3.63, 3.8) is 0 Å². The van der Waals surface area contributed by atoms with Gasteiger partial charge < -0.3 is 10.1 Å². The Kier molecular flexibility index (Phi) is 7.66.